The summed E-state index contributed by atoms with van der Waals surface area (Å²) in [6.07, 6.45) is 2.33. The van der Waals surface area contributed by atoms with E-state index >= 15 is 0 Å². The fourth-order valence-electron chi connectivity index (χ4n) is 1.72. The molecule has 0 unspecified atom stereocenters. The Balaban J connectivity index is 3.08. The number of nitrogens with zero attached hydrogens (tertiary/aromatic N) is 1. The quantitative estimate of drug-likeness (QED) is 0.669. The summed E-state index contributed by atoms with van der Waals surface area (Å²) >= 11 is 3.30. The van der Waals surface area contributed by atoms with Crippen LogP contribution in [0.5, 0.6) is 0 Å². The topological polar surface area (TPSA) is 69.2 Å². The molecule has 0 saturated heterocycles. The number of nitro benzene ring substituents is 1. The minimum atomic E-state index is -0.385. The van der Waals surface area contributed by atoms with Crippen molar-refractivity contribution in [3.63, 3.8) is 0 Å². The van der Waals surface area contributed by atoms with Gasteiger partial charge in [0.15, 0.2) is 0 Å². The van der Waals surface area contributed by atoms with Crippen LogP contribution < -0.4 is 5.73 Å². The lowest BCUT2D eigenvalue weighted by atomic mass is 9.87. The molecule has 0 bridgehead atoms. The third-order valence-corrected chi connectivity index (χ3v) is 4.12. The maximum atomic E-state index is 10.8. The van der Waals surface area contributed by atoms with E-state index in [-0.39, 0.29) is 16.1 Å². The zero-order valence-electron chi connectivity index (χ0n) is 10.1. The summed E-state index contributed by atoms with van der Waals surface area (Å²) in [4.78, 5) is 10.4. The van der Waals surface area contributed by atoms with Crippen molar-refractivity contribution < 1.29 is 4.92 Å². The van der Waals surface area contributed by atoms with Crippen molar-refractivity contribution in [2.24, 2.45) is 5.73 Å². The van der Waals surface area contributed by atoms with Crippen molar-refractivity contribution in [3.8, 4) is 0 Å². The Morgan fingerprint density at radius 3 is 2.47 bits per heavy atom. The molecule has 0 aromatic heterocycles. The largest absolute Gasteiger partial charge is 0.325 e. The fraction of sp³-hybridized carbons (Fsp3) is 0.500. The smallest absolute Gasteiger partial charge is 0.283 e. The molecule has 0 aliphatic carbocycles. The molecule has 0 spiro atoms. The van der Waals surface area contributed by atoms with Gasteiger partial charge in [0.05, 0.1) is 9.40 Å². The van der Waals surface area contributed by atoms with E-state index in [1.54, 1.807) is 6.07 Å². The first-order chi connectivity index (χ1) is 7.93. The number of rotatable bonds is 5. The number of hydrogen-bond donors (Lipinski definition) is 1. The van der Waals surface area contributed by atoms with Crippen molar-refractivity contribution >= 4 is 21.6 Å². The Kier molecular flexibility index (Phi) is 4.65. The summed E-state index contributed by atoms with van der Waals surface area (Å²) < 4.78 is 0.543. The summed E-state index contributed by atoms with van der Waals surface area (Å²) in [6, 6.07) is 5.07. The Morgan fingerprint density at radius 2 is 2.00 bits per heavy atom. The second kappa shape index (κ2) is 5.60. The standard InChI is InChI=1S/C12H17BrN2O2/c1-3-12(14,4-2)8-9-6-5-7-10(11(9)13)15(16)17/h5-7H,3-4,8,14H2,1-2H3. The molecule has 0 radical (unpaired) electrons. The molecule has 0 fully saturated rings. The van der Waals surface area contributed by atoms with E-state index in [2.05, 4.69) is 15.9 Å². The van der Waals surface area contributed by atoms with Crippen LogP contribution in [0.3, 0.4) is 0 Å². The Hall–Kier alpha value is -0.940. The van der Waals surface area contributed by atoms with E-state index in [0.717, 1.165) is 18.4 Å². The van der Waals surface area contributed by atoms with Gasteiger partial charge in [-0.15, -0.1) is 0 Å². The maximum Gasteiger partial charge on any atom is 0.283 e. The highest BCUT2D eigenvalue weighted by atomic mass is 79.9. The van der Waals surface area contributed by atoms with Gasteiger partial charge in [-0.3, -0.25) is 10.1 Å². The van der Waals surface area contributed by atoms with Gasteiger partial charge in [-0.25, -0.2) is 0 Å². The van der Waals surface area contributed by atoms with Gasteiger partial charge in [-0.1, -0.05) is 26.0 Å². The van der Waals surface area contributed by atoms with Crippen molar-refractivity contribution in [3.05, 3.63) is 38.3 Å². The molecule has 0 aliphatic rings. The van der Waals surface area contributed by atoms with Crippen LogP contribution in [0.1, 0.15) is 32.3 Å². The fourth-order valence-corrected chi connectivity index (χ4v) is 2.27. The van der Waals surface area contributed by atoms with Crippen molar-refractivity contribution in [2.45, 2.75) is 38.6 Å². The third-order valence-electron chi connectivity index (χ3n) is 3.21. The van der Waals surface area contributed by atoms with Gasteiger partial charge in [0, 0.05) is 11.6 Å². The van der Waals surface area contributed by atoms with Gasteiger partial charge in [-0.05, 0) is 40.8 Å². The molecule has 0 aliphatic heterocycles. The number of nitrogens with two attached hydrogens (primary N) is 1. The van der Waals surface area contributed by atoms with E-state index < -0.39 is 0 Å². The maximum absolute atomic E-state index is 10.8. The molecule has 5 heteroatoms. The average molecular weight is 301 g/mol. The molecule has 4 nitrogen and oxygen atoms in total. The third kappa shape index (κ3) is 3.26. The van der Waals surface area contributed by atoms with Crippen LogP contribution in [-0.4, -0.2) is 10.5 Å². The summed E-state index contributed by atoms with van der Waals surface area (Å²) in [5.74, 6) is 0. The SMILES string of the molecule is CCC(N)(CC)Cc1cccc([N+](=O)[O-])c1Br. The highest BCUT2D eigenvalue weighted by Crippen LogP contribution is 2.31. The van der Waals surface area contributed by atoms with Gasteiger partial charge in [0.25, 0.3) is 5.69 Å². The van der Waals surface area contributed by atoms with E-state index in [4.69, 9.17) is 5.73 Å². The van der Waals surface area contributed by atoms with Crippen LogP contribution in [0.25, 0.3) is 0 Å². The number of nitro groups is 1. The van der Waals surface area contributed by atoms with E-state index in [1.165, 1.54) is 6.07 Å². The van der Waals surface area contributed by atoms with Gasteiger partial charge >= 0.3 is 0 Å². The van der Waals surface area contributed by atoms with Crippen molar-refractivity contribution in [1.29, 1.82) is 0 Å². The summed E-state index contributed by atoms with van der Waals surface area (Å²) in [5.41, 5.74) is 6.93. The van der Waals surface area contributed by atoms with Gasteiger partial charge in [0.2, 0.25) is 0 Å². The van der Waals surface area contributed by atoms with Crippen LogP contribution in [0.2, 0.25) is 0 Å². The predicted molar refractivity (Wildman–Crippen MR) is 72.0 cm³/mol. The Morgan fingerprint density at radius 1 is 1.41 bits per heavy atom. The van der Waals surface area contributed by atoms with Crippen molar-refractivity contribution in [1.82, 2.24) is 0 Å². The molecule has 1 aromatic carbocycles. The van der Waals surface area contributed by atoms with Crippen LogP contribution in [0.15, 0.2) is 22.7 Å². The second-order valence-corrected chi connectivity index (χ2v) is 5.05. The average Bonchev–Trinajstić information content (AvgIpc) is 2.31. The molecule has 0 saturated carbocycles. The van der Waals surface area contributed by atoms with Crippen LogP contribution >= 0.6 is 15.9 Å². The molecule has 94 valence electrons. The first kappa shape index (κ1) is 14.1. The lowest BCUT2D eigenvalue weighted by Gasteiger charge is -2.27. The Labute approximate surface area is 109 Å². The van der Waals surface area contributed by atoms with Gasteiger partial charge < -0.3 is 5.73 Å². The lowest BCUT2D eigenvalue weighted by Crippen LogP contribution is -2.40. The summed E-state index contributed by atoms with van der Waals surface area (Å²) in [6.45, 7) is 4.07. The number of hydrogen-bond acceptors (Lipinski definition) is 3. The molecular weight excluding hydrogens is 284 g/mol. The summed E-state index contributed by atoms with van der Waals surface area (Å²) in [7, 11) is 0. The molecule has 17 heavy (non-hydrogen) atoms. The first-order valence-corrected chi connectivity index (χ1v) is 6.43. The summed E-state index contributed by atoms with van der Waals surface area (Å²) in [5, 5.41) is 10.8. The van der Waals surface area contributed by atoms with Gasteiger partial charge in [-0.2, -0.15) is 0 Å². The molecule has 0 amide bonds. The monoisotopic (exact) mass is 300 g/mol. The highest BCUT2D eigenvalue weighted by Gasteiger charge is 2.24. The van der Waals surface area contributed by atoms with Crippen molar-refractivity contribution in [2.75, 3.05) is 0 Å². The first-order valence-electron chi connectivity index (χ1n) is 5.64. The Bertz CT molecular complexity index is 417. The normalized spacial score (nSPS) is 11.5. The second-order valence-electron chi connectivity index (χ2n) is 4.25. The van der Waals surface area contributed by atoms with Crippen LogP contribution in [0, 0.1) is 10.1 Å². The van der Waals surface area contributed by atoms with Crippen LogP contribution in [-0.2, 0) is 6.42 Å². The molecular formula is C12H17BrN2O2. The lowest BCUT2D eigenvalue weighted by molar-refractivity contribution is -0.385. The zero-order chi connectivity index (χ0) is 13.1. The minimum Gasteiger partial charge on any atom is -0.325 e. The number of benzene rings is 1. The molecule has 1 rings (SSSR count). The predicted octanol–water partition coefficient (Wildman–Crippen LogP) is 3.42. The van der Waals surface area contributed by atoms with E-state index in [9.17, 15) is 10.1 Å². The van der Waals surface area contributed by atoms with Crippen LogP contribution in [0.4, 0.5) is 5.69 Å². The molecule has 0 heterocycles. The minimum absolute atomic E-state index is 0.0945. The zero-order valence-corrected chi connectivity index (χ0v) is 11.7. The number of halogens is 1. The van der Waals surface area contributed by atoms with Gasteiger partial charge in [0.1, 0.15) is 0 Å². The highest BCUT2D eigenvalue weighted by molar-refractivity contribution is 9.10. The molecule has 2 N–H and O–H groups in total. The molecule has 0 atom stereocenters. The van der Waals surface area contributed by atoms with E-state index in [0.29, 0.717) is 10.9 Å². The van der Waals surface area contributed by atoms with E-state index in [1.807, 2.05) is 19.9 Å². The molecule has 1 aromatic rings.